The number of carbonyl (C=O) groups is 1. The molecule has 6 nitrogen and oxygen atoms in total. The van der Waals surface area contributed by atoms with Crippen LogP contribution in [0, 0.1) is 20.8 Å². The van der Waals surface area contributed by atoms with Crippen molar-refractivity contribution in [2.75, 3.05) is 0 Å². The second kappa shape index (κ2) is 4.72. The van der Waals surface area contributed by atoms with E-state index in [-0.39, 0.29) is 17.9 Å². The molecule has 2 aromatic rings. The van der Waals surface area contributed by atoms with E-state index in [1.54, 1.807) is 20.8 Å². The highest BCUT2D eigenvalue weighted by molar-refractivity contribution is 5.84. The van der Waals surface area contributed by atoms with Crippen LogP contribution < -0.4 is 5.56 Å². The van der Waals surface area contributed by atoms with E-state index in [1.165, 1.54) is 16.7 Å². The van der Waals surface area contributed by atoms with Gasteiger partial charge in [-0.1, -0.05) is 0 Å². The molecule has 0 atom stereocenters. The predicted octanol–water partition coefficient (Wildman–Crippen LogP) is 1.51. The van der Waals surface area contributed by atoms with Gasteiger partial charge in [-0.3, -0.25) is 9.36 Å². The molecule has 0 aliphatic carbocycles. The number of furan rings is 1. The third-order valence-corrected chi connectivity index (χ3v) is 2.89. The summed E-state index contributed by atoms with van der Waals surface area (Å²) in [5.74, 6) is -0.175. The predicted molar refractivity (Wildman–Crippen MR) is 67.5 cm³/mol. The van der Waals surface area contributed by atoms with Crippen LogP contribution in [0.4, 0.5) is 0 Å². The van der Waals surface area contributed by atoms with Crippen LogP contribution in [-0.4, -0.2) is 20.6 Å². The average molecular weight is 262 g/mol. The highest BCUT2D eigenvalue weighted by Gasteiger charge is 2.14. The zero-order valence-electron chi connectivity index (χ0n) is 10.9. The molecule has 19 heavy (non-hydrogen) atoms. The summed E-state index contributed by atoms with van der Waals surface area (Å²) in [6, 6.07) is 2.88. The Labute approximate surface area is 109 Å². The Morgan fingerprint density at radius 1 is 1.37 bits per heavy atom. The van der Waals surface area contributed by atoms with E-state index in [0.717, 1.165) is 0 Å². The molecule has 0 unspecified atom stereocenters. The summed E-state index contributed by atoms with van der Waals surface area (Å²) in [4.78, 5) is 26.9. The molecule has 0 radical (unpaired) electrons. The first-order valence-electron chi connectivity index (χ1n) is 5.76. The maximum Gasteiger partial charge on any atom is 0.371 e. The van der Waals surface area contributed by atoms with Gasteiger partial charge in [0, 0.05) is 17.3 Å². The van der Waals surface area contributed by atoms with Crippen molar-refractivity contribution < 1.29 is 14.3 Å². The molecule has 100 valence electrons. The Kier molecular flexibility index (Phi) is 3.25. The third kappa shape index (κ3) is 2.57. The first-order chi connectivity index (χ1) is 8.88. The van der Waals surface area contributed by atoms with Crippen LogP contribution in [0.2, 0.25) is 0 Å². The van der Waals surface area contributed by atoms with E-state index >= 15 is 0 Å². The SMILES string of the molecule is Cc1cc(=O)n(Cc2cc(C(=O)O)oc2C)c(C)n1. The molecule has 6 heteroatoms. The summed E-state index contributed by atoms with van der Waals surface area (Å²) < 4.78 is 6.60. The van der Waals surface area contributed by atoms with Gasteiger partial charge in [0.05, 0.1) is 6.54 Å². The van der Waals surface area contributed by atoms with Gasteiger partial charge in [-0.2, -0.15) is 0 Å². The van der Waals surface area contributed by atoms with E-state index in [2.05, 4.69) is 4.98 Å². The van der Waals surface area contributed by atoms with Crippen molar-refractivity contribution in [1.82, 2.24) is 9.55 Å². The lowest BCUT2D eigenvalue weighted by Crippen LogP contribution is -2.24. The zero-order chi connectivity index (χ0) is 14.2. The minimum absolute atomic E-state index is 0.127. The normalized spacial score (nSPS) is 10.7. The van der Waals surface area contributed by atoms with Crippen molar-refractivity contribution in [3.63, 3.8) is 0 Å². The number of carboxylic acids is 1. The van der Waals surface area contributed by atoms with Crippen molar-refractivity contribution in [2.45, 2.75) is 27.3 Å². The van der Waals surface area contributed by atoms with E-state index in [0.29, 0.717) is 22.8 Å². The quantitative estimate of drug-likeness (QED) is 0.906. The minimum atomic E-state index is -1.12. The summed E-state index contributed by atoms with van der Waals surface area (Å²) in [6.45, 7) is 5.41. The lowest BCUT2D eigenvalue weighted by Gasteiger charge is -2.08. The van der Waals surface area contributed by atoms with Gasteiger partial charge in [0.25, 0.3) is 5.56 Å². The topological polar surface area (TPSA) is 85.3 Å². The Bertz CT molecular complexity index is 697. The molecule has 2 heterocycles. The molecule has 2 aromatic heterocycles. The van der Waals surface area contributed by atoms with Crippen LogP contribution in [0.15, 0.2) is 21.3 Å². The lowest BCUT2D eigenvalue weighted by molar-refractivity contribution is 0.0661. The fraction of sp³-hybridized carbons (Fsp3) is 0.308. The van der Waals surface area contributed by atoms with Crippen LogP contribution in [0.5, 0.6) is 0 Å². The number of carboxylic acid groups (broad SMARTS) is 1. The van der Waals surface area contributed by atoms with Gasteiger partial charge >= 0.3 is 5.97 Å². The summed E-state index contributed by atoms with van der Waals surface area (Å²) in [6.07, 6.45) is 0. The van der Waals surface area contributed by atoms with Crippen LogP contribution in [0.1, 0.15) is 33.4 Å². The van der Waals surface area contributed by atoms with Crippen molar-refractivity contribution in [3.05, 3.63) is 51.1 Å². The highest BCUT2D eigenvalue weighted by Crippen LogP contribution is 2.15. The molecule has 0 aromatic carbocycles. The fourth-order valence-electron chi connectivity index (χ4n) is 1.91. The molecule has 0 fully saturated rings. The maximum atomic E-state index is 11.9. The molecule has 0 saturated carbocycles. The second-order valence-corrected chi connectivity index (χ2v) is 4.37. The molecule has 0 aliphatic heterocycles. The number of aromatic carboxylic acids is 1. The van der Waals surface area contributed by atoms with Gasteiger partial charge in [0.2, 0.25) is 5.76 Å². The molecule has 0 spiro atoms. The van der Waals surface area contributed by atoms with Crippen LogP contribution in [-0.2, 0) is 6.54 Å². The molecular formula is C13H14N2O4. The van der Waals surface area contributed by atoms with Crippen molar-refractivity contribution in [1.29, 1.82) is 0 Å². The third-order valence-electron chi connectivity index (χ3n) is 2.89. The first-order valence-corrected chi connectivity index (χ1v) is 5.76. The van der Waals surface area contributed by atoms with Gasteiger partial charge in [0.1, 0.15) is 11.6 Å². The summed E-state index contributed by atoms with van der Waals surface area (Å²) in [5, 5.41) is 8.86. The van der Waals surface area contributed by atoms with Gasteiger partial charge in [-0.05, 0) is 26.8 Å². The van der Waals surface area contributed by atoms with Crippen molar-refractivity contribution in [3.8, 4) is 0 Å². The Hall–Kier alpha value is -2.37. The molecule has 0 bridgehead atoms. The standard InChI is InChI=1S/C13H14N2O4/c1-7-4-12(16)15(9(3)14-7)6-10-5-11(13(17)18)19-8(10)2/h4-5H,6H2,1-3H3,(H,17,18). The van der Waals surface area contributed by atoms with E-state index in [1.807, 2.05) is 0 Å². The number of nitrogens with zero attached hydrogens (tertiary/aromatic N) is 2. The van der Waals surface area contributed by atoms with Crippen LogP contribution >= 0.6 is 0 Å². The number of aryl methyl sites for hydroxylation is 3. The molecule has 0 saturated heterocycles. The monoisotopic (exact) mass is 262 g/mol. The fourth-order valence-corrected chi connectivity index (χ4v) is 1.91. The Balaban J connectivity index is 2.42. The summed E-state index contributed by atoms with van der Waals surface area (Å²) in [7, 11) is 0. The number of rotatable bonds is 3. The van der Waals surface area contributed by atoms with Gasteiger partial charge in [-0.15, -0.1) is 0 Å². The van der Waals surface area contributed by atoms with E-state index in [4.69, 9.17) is 9.52 Å². The Morgan fingerprint density at radius 2 is 2.05 bits per heavy atom. The Morgan fingerprint density at radius 3 is 2.58 bits per heavy atom. The number of hydrogen-bond donors (Lipinski definition) is 1. The second-order valence-electron chi connectivity index (χ2n) is 4.37. The summed E-state index contributed by atoms with van der Waals surface area (Å²) >= 11 is 0. The van der Waals surface area contributed by atoms with Crippen LogP contribution in [0.3, 0.4) is 0 Å². The van der Waals surface area contributed by atoms with Gasteiger partial charge < -0.3 is 9.52 Å². The number of aromatic nitrogens is 2. The zero-order valence-corrected chi connectivity index (χ0v) is 10.9. The van der Waals surface area contributed by atoms with Crippen molar-refractivity contribution >= 4 is 5.97 Å². The maximum absolute atomic E-state index is 11.9. The molecular weight excluding hydrogens is 248 g/mol. The molecule has 0 aliphatic rings. The van der Waals surface area contributed by atoms with Gasteiger partial charge in [0.15, 0.2) is 0 Å². The van der Waals surface area contributed by atoms with Gasteiger partial charge in [-0.25, -0.2) is 9.78 Å². The lowest BCUT2D eigenvalue weighted by atomic mass is 10.2. The van der Waals surface area contributed by atoms with E-state index < -0.39 is 5.97 Å². The first kappa shape index (κ1) is 13.1. The smallest absolute Gasteiger partial charge is 0.371 e. The molecule has 2 rings (SSSR count). The summed E-state index contributed by atoms with van der Waals surface area (Å²) in [5.41, 5.74) is 1.16. The van der Waals surface area contributed by atoms with E-state index in [9.17, 15) is 9.59 Å². The largest absolute Gasteiger partial charge is 0.475 e. The minimum Gasteiger partial charge on any atom is -0.475 e. The van der Waals surface area contributed by atoms with Crippen LogP contribution in [0.25, 0.3) is 0 Å². The highest BCUT2D eigenvalue weighted by atomic mass is 16.4. The molecule has 0 amide bonds. The molecule has 1 N–H and O–H groups in total. The average Bonchev–Trinajstić information content (AvgIpc) is 2.65. The number of hydrogen-bond acceptors (Lipinski definition) is 4. The van der Waals surface area contributed by atoms with Crippen molar-refractivity contribution in [2.24, 2.45) is 0 Å².